The topological polar surface area (TPSA) is 107 Å². The highest BCUT2D eigenvalue weighted by Crippen LogP contribution is 2.46. The number of fused-ring (bicyclic) bond motifs is 1. The number of aliphatic hydroxyl groups is 2. The first kappa shape index (κ1) is 26.7. The number of benzene rings is 2. The van der Waals surface area contributed by atoms with E-state index < -0.39 is 35.4 Å². The minimum atomic E-state index is -0.985. The Balaban J connectivity index is 1.65. The van der Waals surface area contributed by atoms with Gasteiger partial charge in [-0.25, -0.2) is 4.39 Å². The molecule has 0 radical (unpaired) electrons. The summed E-state index contributed by atoms with van der Waals surface area (Å²) in [7, 11) is 2.98. The number of nitrogens with zero attached hydrogens (tertiary/aromatic N) is 1. The zero-order valence-corrected chi connectivity index (χ0v) is 20.9. The first-order chi connectivity index (χ1) is 17.8. The summed E-state index contributed by atoms with van der Waals surface area (Å²) in [6.45, 7) is -0.187. The van der Waals surface area contributed by atoms with Crippen LogP contribution in [0.1, 0.15) is 30.4 Å². The number of hydrogen-bond acceptors (Lipinski definition) is 6. The molecule has 2 amide bonds. The smallest absolute Gasteiger partial charge is 0.233 e. The number of ether oxygens (including phenoxy) is 1. The maximum Gasteiger partial charge on any atom is 0.233 e. The van der Waals surface area contributed by atoms with Gasteiger partial charge in [-0.05, 0) is 59.2 Å². The molecule has 37 heavy (non-hydrogen) atoms. The van der Waals surface area contributed by atoms with Crippen LogP contribution in [0.25, 0.3) is 11.6 Å². The summed E-state index contributed by atoms with van der Waals surface area (Å²) in [6.07, 6.45) is 1.81. The number of likely N-dealkylation sites (tertiary alicyclic amines) is 1. The van der Waals surface area contributed by atoms with E-state index in [1.807, 2.05) is 36.4 Å². The average molecular weight is 510 g/mol. The second-order valence-electron chi connectivity index (χ2n) is 9.65. The highest BCUT2D eigenvalue weighted by atomic mass is 19.1. The van der Waals surface area contributed by atoms with Crippen LogP contribution in [0, 0.1) is 23.6 Å². The number of allylic oxidation sites excluding steroid dienone is 1. The van der Waals surface area contributed by atoms with Crippen LogP contribution in [0.15, 0.2) is 59.7 Å². The number of phenols is 1. The van der Waals surface area contributed by atoms with Crippen molar-refractivity contribution in [1.29, 1.82) is 0 Å². The van der Waals surface area contributed by atoms with Crippen LogP contribution in [-0.4, -0.2) is 65.5 Å². The molecule has 2 aromatic carbocycles. The Labute approximate surface area is 215 Å². The van der Waals surface area contributed by atoms with Gasteiger partial charge in [-0.3, -0.25) is 14.5 Å². The van der Waals surface area contributed by atoms with Crippen molar-refractivity contribution < 1.29 is 34.0 Å². The first-order valence-corrected chi connectivity index (χ1v) is 12.3. The molecule has 7 nitrogen and oxygen atoms in total. The number of carbonyl (C=O) groups is 2. The average Bonchev–Trinajstić information content (AvgIpc) is 3.11. The van der Waals surface area contributed by atoms with Crippen molar-refractivity contribution in [2.45, 2.75) is 25.4 Å². The SMILES string of the molecule is COCC1=C([C@H](O)CC/C(=C/c2ccc(O)c(F)c2)c2ccccc2)[C@H](CO)[C@@H]2C(=O)N(C)C(=O)[C@@H]2C1. The molecule has 1 aliphatic heterocycles. The Morgan fingerprint density at radius 3 is 2.57 bits per heavy atom. The van der Waals surface area contributed by atoms with Crippen LogP contribution in [0.4, 0.5) is 4.39 Å². The van der Waals surface area contributed by atoms with Crippen LogP contribution in [0.3, 0.4) is 0 Å². The summed E-state index contributed by atoms with van der Waals surface area (Å²) in [6, 6.07) is 13.7. The highest BCUT2D eigenvalue weighted by Gasteiger charge is 2.53. The third-order valence-electron chi connectivity index (χ3n) is 7.42. The molecule has 1 aliphatic carbocycles. The summed E-state index contributed by atoms with van der Waals surface area (Å²) in [4.78, 5) is 26.7. The summed E-state index contributed by atoms with van der Waals surface area (Å²) in [5.74, 6) is -3.73. The first-order valence-electron chi connectivity index (χ1n) is 12.3. The number of hydrogen-bond donors (Lipinski definition) is 3. The molecular formula is C29H32FNO6. The second kappa shape index (κ2) is 11.4. The number of amides is 2. The molecular weight excluding hydrogens is 477 g/mol. The number of phenolic OH excluding ortho intramolecular Hbond substituents is 1. The third-order valence-corrected chi connectivity index (χ3v) is 7.42. The number of carbonyl (C=O) groups excluding carboxylic acids is 2. The fourth-order valence-electron chi connectivity index (χ4n) is 5.64. The third kappa shape index (κ3) is 5.37. The van der Waals surface area contributed by atoms with Gasteiger partial charge in [-0.2, -0.15) is 0 Å². The number of imide groups is 1. The lowest BCUT2D eigenvalue weighted by Crippen LogP contribution is -2.39. The summed E-state index contributed by atoms with van der Waals surface area (Å²) < 4.78 is 19.3. The number of aliphatic hydroxyl groups excluding tert-OH is 2. The van der Waals surface area contributed by atoms with E-state index in [2.05, 4.69) is 0 Å². The van der Waals surface area contributed by atoms with E-state index >= 15 is 0 Å². The molecule has 0 saturated carbocycles. The molecule has 0 unspecified atom stereocenters. The van der Waals surface area contributed by atoms with Crippen LogP contribution >= 0.6 is 0 Å². The van der Waals surface area contributed by atoms with Crippen molar-refractivity contribution >= 4 is 23.5 Å². The van der Waals surface area contributed by atoms with Crippen molar-refractivity contribution in [2.75, 3.05) is 27.4 Å². The van der Waals surface area contributed by atoms with E-state index in [0.29, 0.717) is 24.0 Å². The molecule has 4 atom stereocenters. The molecule has 2 aromatic rings. The molecule has 1 heterocycles. The van der Waals surface area contributed by atoms with E-state index in [9.17, 15) is 29.3 Å². The van der Waals surface area contributed by atoms with Crippen LogP contribution in [0.2, 0.25) is 0 Å². The van der Waals surface area contributed by atoms with Crippen molar-refractivity contribution in [3.63, 3.8) is 0 Å². The number of methoxy groups -OCH3 is 1. The Morgan fingerprint density at radius 2 is 1.92 bits per heavy atom. The van der Waals surface area contributed by atoms with Gasteiger partial charge >= 0.3 is 0 Å². The lowest BCUT2D eigenvalue weighted by Gasteiger charge is -2.36. The van der Waals surface area contributed by atoms with E-state index in [1.165, 1.54) is 26.3 Å². The molecule has 1 saturated heterocycles. The van der Waals surface area contributed by atoms with Crippen molar-refractivity contribution in [3.8, 4) is 5.75 Å². The van der Waals surface area contributed by atoms with E-state index in [1.54, 1.807) is 6.07 Å². The van der Waals surface area contributed by atoms with E-state index in [0.717, 1.165) is 21.6 Å². The molecule has 4 rings (SSSR count). The highest BCUT2D eigenvalue weighted by molar-refractivity contribution is 6.05. The minimum absolute atomic E-state index is 0.186. The van der Waals surface area contributed by atoms with Gasteiger partial charge in [0.05, 0.1) is 31.2 Å². The van der Waals surface area contributed by atoms with E-state index in [4.69, 9.17) is 4.74 Å². The maximum absolute atomic E-state index is 14.0. The fraction of sp³-hybridized carbons (Fsp3) is 0.379. The lowest BCUT2D eigenvalue weighted by molar-refractivity contribution is -0.138. The standard InChI is InChI=1S/C29H32FNO6/c1-31-28(35)21-14-20(16-37-2)26(22(15-32)27(21)29(31)36)25(34)11-9-19(18-6-4-3-5-7-18)12-17-8-10-24(33)23(30)13-17/h3-8,10,12-13,21-22,25,27,32-34H,9,11,14-16H2,1-2H3/b19-12-/t21-,22+,25-,27-/m1/s1. The number of aromatic hydroxyl groups is 1. The molecule has 8 heteroatoms. The Kier molecular flexibility index (Phi) is 8.22. The molecule has 0 bridgehead atoms. The molecule has 3 N–H and O–H groups in total. The van der Waals surface area contributed by atoms with Crippen molar-refractivity contribution in [1.82, 2.24) is 4.90 Å². The fourth-order valence-corrected chi connectivity index (χ4v) is 5.64. The van der Waals surface area contributed by atoms with Gasteiger partial charge in [-0.1, -0.05) is 42.5 Å². The molecule has 196 valence electrons. The van der Waals surface area contributed by atoms with E-state index in [-0.39, 0.29) is 31.4 Å². The van der Waals surface area contributed by atoms with Crippen LogP contribution < -0.4 is 0 Å². The monoisotopic (exact) mass is 509 g/mol. The second-order valence-corrected chi connectivity index (χ2v) is 9.65. The normalized spacial score (nSPS) is 23.0. The minimum Gasteiger partial charge on any atom is -0.505 e. The predicted molar refractivity (Wildman–Crippen MR) is 136 cm³/mol. The van der Waals surface area contributed by atoms with Gasteiger partial charge in [0.15, 0.2) is 11.6 Å². The number of rotatable bonds is 9. The summed E-state index contributed by atoms with van der Waals surface area (Å²) in [5.41, 5.74) is 3.60. The van der Waals surface area contributed by atoms with Crippen molar-refractivity contribution in [3.05, 3.63) is 76.6 Å². The quantitative estimate of drug-likeness (QED) is 0.272. The zero-order valence-electron chi connectivity index (χ0n) is 20.9. The maximum atomic E-state index is 14.0. The van der Waals surface area contributed by atoms with Gasteiger partial charge in [0, 0.05) is 20.1 Å². The van der Waals surface area contributed by atoms with Crippen LogP contribution in [0.5, 0.6) is 5.75 Å². The van der Waals surface area contributed by atoms with Crippen LogP contribution in [-0.2, 0) is 14.3 Å². The molecule has 0 aromatic heterocycles. The predicted octanol–water partition coefficient (Wildman–Crippen LogP) is 3.40. The van der Waals surface area contributed by atoms with Gasteiger partial charge in [0.25, 0.3) is 0 Å². The zero-order chi connectivity index (χ0) is 26.7. The lowest BCUT2D eigenvalue weighted by atomic mass is 9.68. The molecule has 1 fully saturated rings. The Bertz CT molecular complexity index is 1220. The van der Waals surface area contributed by atoms with Gasteiger partial charge in [0.2, 0.25) is 11.8 Å². The van der Waals surface area contributed by atoms with Gasteiger partial charge < -0.3 is 20.1 Å². The Morgan fingerprint density at radius 1 is 1.19 bits per heavy atom. The molecule has 0 spiro atoms. The van der Waals surface area contributed by atoms with Gasteiger partial charge in [0.1, 0.15) is 0 Å². The largest absolute Gasteiger partial charge is 0.505 e. The Hall–Kier alpha value is -3.33. The molecule has 2 aliphatic rings. The number of halogens is 1. The summed E-state index contributed by atoms with van der Waals surface area (Å²) in [5, 5.41) is 31.2. The van der Waals surface area contributed by atoms with Gasteiger partial charge in [-0.15, -0.1) is 0 Å². The van der Waals surface area contributed by atoms with Crippen molar-refractivity contribution in [2.24, 2.45) is 17.8 Å². The summed E-state index contributed by atoms with van der Waals surface area (Å²) >= 11 is 0.